The number of nitrogens with zero attached hydrogens (tertiary/aromatic N) is 5. The van der Waals surface area contributed by atoms with Gasteiger partial charge in [0.25, 0.3) is 0 Å². The van der Waals surface area contributed by atoms with E-state index in [0.29, 0.717) is 0 Å². The molecule has 3 heterocycles. The Morgan fingerprint density at radius 2 is 0.829 bits per heavy atom. The summed E-state index contributed by atoms with van der Waals surface area (Å²) in [7, 11) is 0. The summed E-state index contributed by atoms with van der Waals surface area (Å²) in [5.41, 5.74) is 8.30. The molecule has 0 spiro atoms. The number of rotatable bonds is 5. The largest absolute Gasteiger partial charge is 0.328 e. The fraction of sp³-hybridized carbons (Fsp3) is 0.0556. The standard InChI is InChI=1S/C36H29N5/c1-3-10-28(11-4-1)37-20-22-39(26-37)30-14-9-15-32(24-30)41-35-17-8-7-16-33(35)34-19-18-31(25-36(34)41)40-23-21-38(27-40)29-12-5-2-6-13-29/h1-25H,26-27H2. The van der Waals surface area contributed by atoms with E-state index in [2.05, 4.69) is 176 Å². The van der Waals surface area contributed by atoms with Gasteiger partial charge >= 0.3 is 0 Å². The van der Waals surface area contributed by atoms with Crippen LogP contribution >= 0.6 is 0 Å². The van der Waals surface area contributed by atoms with Crippen LogP contribution in [0.1, 0.15) is 0 Å². The summed E-state index contributed by atoms with van der Waals surface area (Å²) in [5.74, 6) is 0. The van der Waals surface area contributed by atoms with Crippen molar-refractivity contribution < 1.29 is 0 Å². The van der Waals surface area contributed by atoms with Gasteiger partial charge in [0.2, 0.25) is 0 Å². The molecule has 5 nitrogen and oxygen atoms in total. The monoisotopic (exact) mass is 531 g/mol. The third-order valence-electron chi connectivity index (χ3n) is 8.05. The predicted molar refractivity (Wildman–Crippen MR) is 172 cm³/mol. The van der Waals surface area contributed by atoms with Crippen molar-refractivity contribution in [1.82, 2.24) is 4.57 Å². The van der Waals surface area contributed by atoms with Gasteiger partial charge in [-0.2, -0.15) is 0 Å². The van der Waals surface area contributed by atoms with Crippen LogP contribution in [0.2, 0.25) is 0 Å². The van der Waals surface area contributed by atoms with E-state index in [-0.39, 0.29) is 0 Å². The normalized spacial score (nSPS) is 14.7. The fourth-order valence-electron chi connectivity index (χ4n) is 5.98. The maximum Gasteiger partial charge on any atom is 0.0989 e. The van der Waals surface area contributed by atoms with E-state index in [0.717, 1.165) is 19.0 Å². The van der Waals surface area contributed by atoms with E-state index in [9.17, 15) is 0 Å². The van der Waals surface area contributed by atoms with Crippen LogP contribution in [0.5, 0.6) is 0 Å². The fourth-order valence-corrected chi connectivity index (χ4v) is 5.98. The van der Waals surface area contributed by atoms with Crippen molar-refractivity contribution in [2.75, 3.05) is 32.9 Å². The average Bonchev–Trinajstić information content (AvgIpc) is 3.80. The molecule has 0 N–H and O–H groups in total. The molecule has 1 aromatic heterocycles. The van der Waals surface area contributed by atoms with Gasteiger partial charge in [-0.25, -0.2) is 0 Å². The summed E-state index contributed by atoms with van der Waals surface area (Å²) in [6, 6.07) is 45.4. The van der Waals surface area contributed by atoms with E-state index in [1.807, 2.05) is 0 Å². The van der Waals surface area contributed by atoms with Crippen LogP contribution in [0.3, 0.4) is 0 Å². The van der Waals surface area contributed by atoms with E-state index < -0.39 is 0 Å². The highest BCUT2D eigenvalue weighted by molar-refractivity contribution is 6.10. The molecule has 0 fully saturated rings. The Hall–Kier alpha value is -5.42. The molecule has 41 heavy (non-hydrogen) atoms. The zero-order valence-electron chi connectivity index (χ0n) is 22.6. The van der Waals surface area contributed by atoms with Crippen molar-refractivity contribution >= 4 is 44.6 Å². The van der Waals surface area contributed by atoms with Crippen molar-refractivity contribution in [3.8, 4) is 5.69 Å². The van der Waals surface area contributed by atoms with Crippen LogP contribution < -0.4 is 19.6 Å². The number of anilines is 4. The molecular formula is C36H29N5. The lowest BCUT2D eigenvalue weighted by atomic mass is 10.1. The molecule has 5 heteroatoms. The van der Waals surface area contributed by atoms with Crippen LogP contribution in [0.25, 0.3) is 27.5 Å². The van der Waals surface area contributed by atoms with Crippen LogP contribution in [0.15, 0.2) is 152 Å². The van der Waals surface area contributed by atoms with E-state index >= 15 is 0 Å². The Morgan fingerprint density at radius 1 is 0.341 bits per heavy atom. The van der Waals surface area contributed by atoms with E-state index in [1.165, 1.54) is 44.6 Å². The second-order valence-electron chi connectivity index (χ2n) is 10.5. The first-order chi connectivity index (χ1) is 20.3. The quantitative estimate of drug-likeness (QED) is 0.223. The second kappa shape index (κ2) is 9.65. The SMILES string of the molecule is C1=CN(c2cccc(-n3c4ccccc4c4ccc(N5C=CN(c6ccccc6)C5)cc43)c2)CN1c1ccccc1. The van der Waals surface area contributed by atoms with Crippen molar-refractivity contribution in [2.24, 2.45) is 0 Å². The maximum atomic E-state index is 2.40. The number of benzene rings is 5. The predicted octanol–water partition coefficient (Wildman–Crippen LogP) is 8.29. The van der Waals surface area contributed by atoms with E-state index in [1.54, 1.807) is 0 Å². The molecule has 8 rings (SSSR count). The molecular weight excluding hydrogens is 502 g/mol. The van der Waals surface area contributed by atoms with Gasteiger partial charge in [-0.1, -0.05) is 66.7 Å². The van der Waals surface area contributed by atoms with Gasteiger partial charge in [0.05, 0.1) is 24.4 Å². The molecule has 0 atom stereocenters. The minimum absolute atomic E-state index is 0.782. The summed E-state index contributed by atoms with van der Waals surface area (Å²) in [6.45, 7) is 1.56. The van der Waals surface area contributed by atoms with Gasteiger partial charge in [-0.15, -0.1) is 0 Å². The highest BCUT2D eigenvalue weighted by atomic mass is 15.3. The zero-order valence-corrected chi connectivity index (χ0v) is 22.6. The number of hydrogen-bond donors (Lipinski definition) is 0. The first kappa shape index (κ1) is 23.5. The number of fused-ring (bicyclic) bond motifs is 3. The molecule has 0 amide bonds. The lowest BCUT2D eigenvalue weighted by Gasteiger charge is -2.22. The maximum absolute atomic E-state index is 2.40. The van der Waals surface area contributed by atoms with Crippen molar-refractivity contribution in [3.63, 3.8) is 0 Å². The number of para-hydroxylation sites is 3. The van der Waals surface area contributed by atoms with Crippen molar-refractivity contribution in [2.45, 2.75) is 0 Å². The highest BCUT2D eigenvalue weighted by Crippen LogP contribution is 2.36. The third kappa shape index (κ3) is 4.10. The van der Waals surface area contributed by atoms with Crippen LogP contribution in [-0.2, 0) is 0 Å². The molecule has 0 saturated heterocycles. The minimum atomic E-state index is 0.782. The molecule has 2 aliphatic rings. The van der Waals surface area contributed by atoms with E-state index in [4.69, 9.17) is 0 Å². The van der Waals surface area contributed by atoms with Crippen LogP contribution in [0, 0.1) is 0 Å². The first-order valence-electron chi connectivity index (χ1n) is 14.0. The minimum Gasteiger partial charge on any atom is -0.328 e. The van der Waals surface area contributed by atoms with Crippen molar-refractivity contribution in [3.05, 3.63) is 152 Å². The average molecular weight is 532 g/mol. The molecule has 5 aromatic carbocycles. The summed E-state index contributed by atoms with van der Waals surface area (Å²) >= 11 is 0. The molecule has 0 saturated carbocycles. The van der Waals surface area contributed by atoms with Gasteiger partial charge in [0.15, 0.2) is 0 Å². The molecule has 0 radical (unpaired) electrons. The van der Waals surface area contributed by atoms with Gasteiger partial charge in [0, 0.05) is 64.0 Å². The topological polar surface area (TPSA) is 17.9 Å². The Kier molecular flexibility index (Phi) is 5.52. The lowest BCUT2D eigenvalue weighted by molar-refractivity contribution is 0.973. The molecule has 2 aliphatic heterocycles. The summed E-state index contributed by atoms with van der Waals surface area (Å²) in [4.78, 5) is 9.13. The molecule has 0 unspecified atom stereocenters. The van der Waals surface area contributed by atoms with Gasteiger partial charge in [-0.05, 0) is 60.7 Å². The zero-order chi connectivity index (χ0) is 27.2. The molecule has 6 aromatic rings. The Labute approximate surface area is 239 Å². The van der Waals surface area contributed by atoms with Crippen LogP contribution in [0.4, 0.5) is 22.7 Å². The highest BCUT2D eigenvalue weighted by Gasteiger charge is 2.20. The summed E-state index contributed by atoms with van der Waals surface area (Å²) in [5, 5.41) is 2.52. The van der Waals surface area contributed by atoms with Crippen molar-refractivity contribution in [1.29, 1.82) is 0 Å². The summed E-state index contributed by atoms with van der Waals surface area (Å²) in [6.07, 6.45) is 8.63. The van der Waals surface area contributed by atoms with Crippen LogP contribution in [-0.4, -0.2) is 17.9 Å². The summed E-state index contributed by atoms with van der Waals surface area (Å²) < 4.78 is 2.40. The Morgan fingerprint density at radius 3 is 1.49 bits per heavy atom. The van der Waals surface area contributed by atoms with Gasteiger partial charge in [0.1, 0.15) is 0 Å². The molecule has 0 bridgehead atoms. The molecule has 0 aliphatic carbocycles. The Bertz CT molecular complexity index is 1920. The third-order valence-corrected chi connectivity index (χ3v) is 8.05. The lowest BCUT2D eigenvalue weighted by Crippen LogP contribution is -2.24. The van der Waals surface area contributed by atoms with Gasteiger partial charge < -0.3 is 24.2 Å². The number of hydrogen-bond acceptors (Lipinski definition) is 4. The molecule has 198 valence electrons. The second-order valence-corrected chi connectivity index (χ2v) is 10.5. The first-order valence-corrected chi connectivity index (χ1v) is 14.0. The van der Waals surface area contributed by atoms with Gasteiger partial charge in [-0.3, -0.25) is 0 Å². The number of aromatic nitrogens is 1. The Balaban J connectivity index is 1.17. The smallest absolute Gasteiger partial charge is 0.0989 e.